The maximum Gasteiger partial charge on any atom is 0.0877 e. The van der Waals surface area contributed by atoms with Crippen LogP contribution in [0.15, 0.2) is 28.8 Å². The zero-order chi connectivity index (χ0) is 20.2. The van der Waals surface area contributed by atoms with Crippen molar-refractivity contribution in [1.82, 2.24) is 0 Å². The molecule has 0 aromatic rings. The summed E-state index contributed by atoms with van der Waals surface area (Å²) in [6.07, 6.45) is 15.1. The van der Waals surface area contributed by atoms with Crippen LogP contribution in [-0.2, 0) is 0 Å². The topological polar surface area (TPSA) is 12.4 Å². The number of aliphatic imine (C=N–C) groups is 1. The SMILES string of the molecule is CCC(/C=C(/C)[C@@H](C)C1(CC)C=CC1(CC)/N=C/C(C)SC)C(C)(C)C. The number of hydrogen-bond acceptors (Lipinski definition) is 2. The fraction of sp³-hybridized carbons (Fsp3) is 0.792. The van der Waals surface area contributed by atoms with Gasteiger partial charge in [0.25, 0.3) is 0 Å². The largest absolute Gasteiger partial charge is 0.285 e. The molecule has 0 N–H and O–H groups in total. The molecule has 0 aliphatic heterocycles. The van der Waals surface area contributed by atoms with Crippen LogP contribution in [0, 0.1) is 22.7 Å². The van der Waals surface area contributed by atoms with Gasteiger partial charge in [-0.05, 0) is 56.6 Å². The molecule has 0 heterocycles. The summed E-state index contributed by atoms with van der Waals surface area (Å²) in [4.78, 5) is 5.17. The van der Waals surface area contributed by atoms with Crippen LogP contribution >= 0.6 is 11.8 Å². The minimum atomic E-state index is -0.0380. The molecule has 4 unspecified atom stereocenters. The minimum absolute atomic E-state index is 0.0380. The third kappa shape index (κ3) is 4.49. The fourth-order valence-electron chi connectivity index (χ4n) is 4.59. The standard InChI is InChI=1S/C24H43NS/c1-11-21(22(7,8)9)16-18(4)20(6)23(12-2)14-15-24(23,13-3)25-17-19(5)26-10/h14-17,19-21H,11-13H2,1-10H3/b18-16-,25-17+/t19?,20-,21?,23?,24?/m1/s1. The lowest BCUT2D eigenvalue weighted by Crippen LogP contribution is -2.54. The summed E-state index contributed by atoms with van der Waals surface area (Å²) in [5, 5.41) is 0.472. The number of hydrogen-bond donors (Lipinski definition) is 0. The van der Waals surface area contributed by atoms with Crippen molar-refractivity contribution in [2.45, 2.75) is 92.4 Å². The Labute approximate surface area is 168 Å². The van der Waals surface area contributed by atoms with Crippen molar-refractivity contribution in [3.63, 3.8) is 0 Å². The van der Waals surface area contributed by atoms with Gasteiger partial charge in [-0.3, -0.25) is 4.99 Å². The van der Waals surface area contributed by atoms with Gasteiger partial charge >= 0.3 is 0 Å². The molecule has 0 fully saturated rings. The highest BCUT2D eigenvalue weighted by Crippen LogP contribution is 2.57. The monoisotopic (exact) mass is 377 g/mol. The summed E-state index contributed by atoms with van der Waals surface area (Å²) in [5.41, 5.74) is 1.96. The Morgan fingerprint density at radius 1 is 1.12 bits per heavy atom. The van der Waals surface area contributed by atoms with E-state index in [4.69, 9.17) is 4.99 Å². The third-order valence-electron chi connectivity index (χ3n) is 6.95. The summed E-state index contributed by atoms with van der Waals surface area (Å²) in [7, 11) is 0. The van der Waals surface area contributed by atoms with Crippen molar-refractivity contribution in [3.8, 4) is 0 Å². The molecule has 0 amide bonds. The van der Waals surface area contributed by atoms with Gasteiger partial charge in [0.1, 0.15) is 0 Å². The molecular weight excluding hydrogens is 334 g/mol. The molecule has 1 aliphatic rings. The molecule has 1 nitrogen and oxygen atoms in total. The quantitative estimate of drug-likeness (QED) is 0.298. The predicted octanol–water partition coefficient (Wildman–Crippen LogP) is 7.58. The van der Waals surface area contributed by atoms with Gasteiger partial charge in [0.2, 0.25) is 0 Å². The zero-order valence-corrected chi connectivity index (χ0v) is 19.8. The first-order chi connectivity index (χ1) is 12.0. The number of thioether (sulfide) groups is 1. The van der Waals surface area contributed by atoms with E-state index in [9.17, 15) is 0 Å². The average Bonchev–Trinajstić information content (AvgIpc) is 2.58. The number of nitrogens with zero attached hydrogens (tertiary/aromatic N) is 1. The first-order valence-electron chi connectivity index (χ1n) is 10.5. The van der Waals surface area contributed by atoms with Gasteiger partial charge in [0.05, 0.1) is 5.54 Å². The van der Waals surface area contributed by atoms with E-state index in [1.165, 1.54) is 12.0 Å². The maximum absolute atomic E-state index is 5.17. The normalized spacial score (nSPS) is 30.3. The van der Waals surface area contributed by atoms with E-state index >= 15 is 0 Å². The molecule has 2 heteroatoms. The Bertz CT molecular complexity index is 539. The Hall–Kier alpha value is -0.500. The van der Waals surface area contributed by atoms with Gasteiger partial charge in [-0.1, -0.05) is 72.3 Å². The smallest absolute Gasteiger partial charge is 0.0877 e. The molecule has 0 saturated heterocycles. The highest BCUT2D eigenvalue weighted by Gasteiger charge is 2.55. The predicted molar refractivity (Wildman–Crippen MR) is 123 cm³/mol. The van der Waals surface area contributed by atoms with Crippen molar-refractivity contribution < 1.29 is 0 Å². The van der Waals surface area contributed by atoms with E-state index in [-0.39, 0.29) is 11.0 Å². The Morgan fingerprint density at radius 2 is 1.73 bits per heavy atom. The van der Waals surface area contributed by atoms with Crippen molar-refractivity contribution >= 4 is 18.0 Å². The maximum atomic E-state index is 5.17. The van der Waals surface area contributed by atoms with Gasteiger partial charge in [0.15, 0.2) is 0 Å². The lowest BCUT2D eigenvalue weighted by atomic mass is 9.52. The molecule has 0 aromatic carbocycles. The van der Waals surface area contributed by atoms with Gasteiger partial charge < -0.3 is 0 Å². The summed E-state index contributed by atoms with van der Waals surface area (Å²) in [5.74, 6) is 1.13. The summed E-state index contributed by atoms with van der Waals surface area (Å²) >= 11 is 1.86. The van der Waals surface area contributed by atoms with Gasteiger partial charge in [-0.2, -0.15) is 11.8 Å². The van der Waals surface area contributed by atoms with Crippen LogP contribution in [0.4, 0.5) is 0 Å². The molecule has 26 heavy (non-hydrogen) atoms. The van der Waals surface area contributed by atoms with Crippen LogP contribution in [0.3, 0.4) is 0 Å². The van der Waals surface area contributed by atoms with E-state index in [0.29, 0.717) is 22.5 Å². The second-order valence-electron chi connectivity index (χ2n) is 9.24. The van der Waals surface area contributed by atoms with Gasteiger partial charge in [-0.25, -0.2) is 0 Å². The van der Waals surface area contributed by atoms with E-state index in [1.807, 2.05) is 11.8 Å². The van der Waals surface area contributed by atoms with Crippen LogP contribution in [0.1, 0.15) is 81.6 Å². The first-order valence-corrected chi connectivity index (χ1v) is 11.8. The first kappa shape index (κ1) is 23.5. The molecule has 0 aromatic heterocycles. The summed E-state index contributed by atoms with van der Waals surface area (Å²) in [6, 6.07) is 0. The number of allylic oxidation sites excluding steroid dienone is 2. The van der Waals surface area contributed by atoms with E-state index < -0.39 is 0 Å². The summed E-state index contributed by atoms with van der Waals surface area (Å²) in [6.45, 7) is 21.0. The van der Waals surface area contributed by atoms with Crippen LogP contribution < -0.4 is 0 Å². The lowest BCUT2D eigenvalue weighted by molar-refractivity contribution is 0.120. The molecule has 1 rings (SSSR count). The van der Waals surface area contributed by atoms with Crippen molar-refractivity contribution in [2.24, 2.45) is 27.7 Å². The molecule has 150 valence electrons. The molecule has 0 spiro atoms. The average molecular weight is 378 g/mol. The van der Waals surface area contributed by atoms with E-state index in [1.54, 1.807) is 0 Å². The van der Waals surface area contributed by atoms with Gasteiger partial charge in [-0.15, -0.1) is 0 Å². The van der Waals surface area contributed by atoms with E-state index in [0.717, 1.165) is 12.8 Å². The van der Waals surface area contributed by atoms with Crippen LogP contribution in [0.5, 0.6) is 0 Å². The van der Waals surface area contributed by atoms with Crippen molar-refractivity contribution in [1.29, 1.82) is 0 Å². The minimum Gasteiger partial charge on any atom is -0.285 e. The Morgan fingerprint density at radius 3 is 2.08 bits per heavy atom. The molecule has 0 saturated carbocycles. The van der Waals surface area contributed by atoms with Crippen LogP contribution in [-0.4, -0.2) is 23.3 Å². The fourth-order valence-corrected chi connectivity index (χ4v) is 4.77. The van der Waals surface area contributed by atoms with Crippen LogP contribution in [0.25, 0.3) is 0 Å². The second-order valence-corrected chi connectivity index (χ2v) is 10.5. The molecule has 5 atom stereocenters. The lowest BCUT2D eigenvalue weighted by Gasteiger charge is -2.55. The Balaban J connectivity index is 3.23. The summed E-state index contributed by atoms with van der Waals surface area (Å²) < 4.78 is 0. The zero-order valence-electron chi connectivity index (χ0n) is 19.0. The van der Waals surface area contributed by atoms with E-state index in [2.05, 4.69) is 93.0 Å². The van der Waals surface area contributed by atoms with Gasteiger partial charge in [0, 0.05) is 16.9 Å². The van der Waals surface area contributed by atoms with Crippen LogP contribution in [0.2, 0.25) is 0 Å². The third-order valence-corrected chi connectivity index (χ3v) is 7.81. The van der Waals surface area contributed by atoms with Crippen molar-refractivity contribution in [2.75, 3.05) is 6.26 Å². The molecule has 1 aliphatic carbocycles. The van der Waals surface area contributed by atoms with Crippen molar-refractivity contribution in [3.05, 3.63) is 23.8 Å². The Kier molecular flexibility index (Phi) is 8.26. The highest BCUT2D eigenvalue weighted by atomic mass is 32.2. The molecule has 0 bridgehead atoms. The molecule has 0 radical (unpaired) electrons. The number of rotatable bonds is 9. The molecular formula is C24H43NS. The highest BCUT2D eigenvalue weighted by molar-refractivity contribution is 7.99. The second kappa shape index (κ2) is 9.13.